The Labute approximate surface area is 93.8 Å². The van der Waals surface area contributed by atoms with Gasteiger partial charge in [0.25, 0.3) is 0 Å². The highest BCUT2D eigenvalue weighted by atomic mass is 16.1. The molecular formula is C13H25NO. The van der Waals surface area contributed by atoms with Crippen LogP contribution in [0.2, 0.25) is 0 Å². The number of hydrogen-bond donors (Lipinski definition) is 1. The Bertz CT molecular complexity index is 195. The summed E-state index contributed by atoms with van der Waals surface area (Å²) in [6.07, 6.45) is 5.45. The molecule has 1 aliphatic rings. The lowest BCUT2D eigenvalue weighted by Gasteiger charge is -2.26. The van der Waals surface area contributed by atoms with E-state index < -0.39 is 0 Å². The predicted octanol–water partition coefficient (Wildman–Crippen LogP) is 2.77. The van der Waals surface area contributed by atoms with E-state index in [0.29, 0.717) is 24.2 Å². The molecule has 1 fully saturated rings. The lowest BCUT2D eigenvalue weighted by Crippen LogP contribution is -2.31. The van der Waals surface area contributed by atoms with E-state index in [1.165, 1.54) is 12.8 Å². The van der Waals surface area contributed by atoms with Gasteiger partial charge in [0.1, 0.15) is 5.78 Å². The van der Waals surface area contributed by atoms with Gasteiger partial charge in [-0.05, 0) is 32.2 Å². The monoisotopic (exact) mass is 211 g/mol. The lowest BCUT2D eigenvalue weighted by molar-refractivity contribution is -0.124. The van der Waals surface area contributed by atoms with E-state index in [-0.39, 0.29) is 0 Å². The van der Waals surface area contributed by atoms with Crippen molar-refractivity contribution in [2.24, 2.45) is 11.8 Å². The average molecular weight is 211 g/mol. The van der Waals surface area contributed by atoms with Gasteiger partial charge in [0.15, 0.2) is 0 Å². The Morgan fingerprint density at radius 3 is 2.47 bits per heavy atom. The summed E-state index contributed by atoms with van der Waals surface area (Å²) in [5, 5.41) is 3.30. The summed E-state index contributed by atoms with van der Waals surface area (Å²) in [7, 11) is 0. The zero-order chi connectivity index (χ0) is 11.3. The minimum absolute atomic E-state index is 0.349. The minimum Gasteiger partial charge on any atom is -0.314 e. The van der Waals surface area contributed by atoms with Crippen molar-refractivity contribution < 1.29 is 4.79 Å². The van der Waals surface area contributed by atoms with Gasteiger partial charge in [-0.15, -0.1) is 0 Å². The molecule has 1 saturated carbocycles. The van der Waals surface area contributed by atoms with Crippen molar-refractivity contribution in [3.63, 3.8) is 0 Å². The molecule has 2 heteroatoms. The van der Waals surface area contributed by atoms with Gasteiger partial charge in [-0.3, -0.25) is 4.79 Å². The third-order valence-electron chi connectivity index (χ3n) is 3.53. The molecule has 15 heavy (non-hydrogen) atoms. The van der Waals surface area contributed by atoms with Crippen LogP contribution in [0, 0.1) is 11.8 Å². The molecule has 0 heterocycles. The summed E-state index contributed by atoms with van der Waals surface area (Å²) in [4.78, 5) is 12.0. The second-order valence-electron chi connectivity index (χ2n) is 5.09. The molecule has 0 aromatic heterocycles. The number of carbonyl (C=O) groups excluding carboxylic acids is 1. The van der Waals surface area contributed by atoms with Crippen molar-refractivity contribution >= 4 is 5.78 Å². The van der Waals surface area contributed by atoms with Gasteiger partial charge in [-0.1, -0.05) is 26.7 Å². The molecule has 1 N–H and O–H groups in total. The molecule has 0 aliphatic heterocycles. The first-order valence-corrected chi connectivity index (χ1v) is 6.39. The summed E-state index contributed by atoms with van der Waals surface area (Å²) >= 11 is 0. The molecule has 88 valence electrons. The maximum Gasteiger partial charge on any atom is 0.137 e. The number of carbonyl (C=O) groups is 1. The van der Waals surface area contributed by atoms with Crippen molar-refractivity contribution in [2.75, 3.05) is 6.54 Å². The van der Waals surface area contributed by atoms with E-state index in [2.05, 4.69) is 26.1 Å². The molecule has 0 bridgehead atoms. The predicted molar refractivity (Wildman–Crippen MR) is 63.9 cm³/mol. The quantitative estimate of drug-likeness (QED) is 0.757. The maximum absolute atomic E-state index is 12.0. The summed E-state index contributed by atoms with van der Waals surface area (Å²) < 4.78 is 0. The summed E-state index contributed by atoms with van der Waals surface area (Å²) in [5.74, 6) is 1.68. The average Bonchev–Trinajstić information content (AvgIpc) is 2.18. The van der Waals surface area contributed by atoms with Gasteiger partial charge < -0.3 is 5.32 Å². The highest BCUT2D eigenvalue weighted by Gasteiger charge is 2.24. The van der Waals surface area contributed by atoms with Gasteiger partial charge in [0.2, 0.25) is 0 Å². The van der Waals surface area contributed by atoms with Crippen LogP contribution in [-0.2, 0) is 4.79 Å². The lowest BCUT2D eigenvalue weighted by atomic mass is 9.80. The largest absolute Gasteiger partial charge is 0.314 e. The first kappa shape index (κ1) is 12.7. The fourth-order valence-electron chi connectivity index (χ4n) is 2.47. The number of rotatable bonds is 5. The van der Waals surface area contributed by atoms with Crippen molar-refractivity contribution in [3.05, 3.63) is 0 Å². The Hall–Kier alpha value is -0.370. The molecular weight excluding hydrogens is 186 g/mol. The molecule has 0 amide bonds. The number of Topliss-reactive ketones (excluding diaryl/α,β-unsaturated/α-hetero) is 1. The Morgan fingerprint density at radius 1 is 1.33 bits per heavy atom. The summed E-state index contributed by atoms with van der Waals surface area (Å²) in [5.41, 5.74) is 0. The van der Waals surface area contributed by atoms with Crippen LogP contribution in [0.25, 0.3) is 0 Å². The van der Waals surface area contributed by atoms with E-state index >= 15 is 0 Å². The van der Waals surface area contributed by atoms with Gasteiger partial charge in [0.05, 0.1) is 0 Å². The second kappa shape index (κ2) is 6.26. The van der Waals surface area contributed by atoms with E-state index in [1.807, 2.05) is 0 Å². The highest BCUT2D eigenvalue weighted by molar-refractivity contribution is 5.81. The van der Waals surface area contributed by atoms with Crippen molar-refractivity contribution in [2.45, 2.75) is 58.9 Å². The van der Waals surface area contributed by atoms with E-state index in [1.54, 1.807) is 0 Å². The second-order valence-corrected chi connectivity index (χ2v) is 5.09. The van der Waals surface area contributed by atoms with Crippen LogP contribution in [0.3, 0.4) is 0 Å². The normalized spacial score (nSPS) is 28.7. The molecule has 1 unspecified atom stereocenters. The number of ketones is 1. The topological polar surface area (TPSA) is 29.1 Å². The zero-order valence-electron chi connectivity index (χ0n) is 10.4. The smallest absolute Gasteiger partial charge is 0.137 e. The molecule has 2 nitrogen and oxygen atoms in total. The van der Waals surface area contributed by atoms with Crippen molar-refractivity contribution in [1.29, 1.82) is 0 Å². The third-order valence-corrected chi connectivity index (χ3v) is 3.53. The molecule has 0 spiro atoms. The van der Waals surface area contributed by atoms with E-state index in [4.69, 9.17) is 0 Å². The number of nitrogens with one attached hydrogen (secondary N) is 1. The van der Waals surface area contributed by atoms with Crippen LogP contribution in [0.1, 0.15) is 52.9 Å². The van der Waals surface area contributed by atoms with Crippen molar-refractivity contribution in [1.82, 2.24) is 5.32 Å². The third kappa shape index (κ3) is 4.33. The first-order valence-electron chi connectivity index (χ1n) is 6.39. The summed E-state index contributed by atoms with van der Waals surface area (Å²) in [6, 6.07) is 0.349. The van der Waals surface area contributed by atoms with Crippen molar-refractivity contribution in [3.8, 4) is 0 Å². The molecule has 0 aromatic carbocycles. The number of hydrogen-bond acceptors (Lipinski definition) is 2. The SMILES string of the molecule is CCNC(C)CC(=O)C1CCC(C)CC1. The fraction of sp³-hybridized carbons (Fsp3) is 0.923. The Morgan fingerprint density at radius 2 is 1.93 bits per heavy atom. The molecule has 1 rings (SSSR count). The van der Waals surface area contributed by atoms with Gasteiger partial charge in [-0.25, -0.2) is 0 Å². The van der Waals surface area contributed by atoms with Crippen LogP contribution in [-0.4, -0.2) is 18.4 Å². The summed E-state index contributed by atoms with van der Waals surface area (Å²) in [6.45, 7) is 7.44. The first-order chi connectivity index (χ1) is 7.13. The fourth-order valence-corrected chi connectivity index (χ4v) is 2.47. The highest BCUT2D eigenvalue weighted by Crippen LogP contribution is 2.29. The molecule has 1 atom stereocenters. The van der Waals surface area contributed by atoms with Gasteiger partial charge in [0, 0.05) is 18.4 Å². The zero-order valence-corrected chi connectivity index (χ0v) is 10.4. The van der Waals surface area contributed by atoms with Crippen LogP contribution in [0.5, 0.6) is 0 Å². The molecule has 0 aromatic rings. The van der Waals surface area contributed by atoms with E-state index in [9.17, 15) is 4.79 Å². The van der Waals surface area contributed by atoms with E-state index in [0.717, 1.165) is 25.3 Å². The minimum atomic E-state index is 0.349. The molecule has 1 aliphatic carbocycles. The Balaban J connectivity index is 2.27. The standard InChI is InChI=1S/C13H25NO/c1-4-14-11(3)9-13(15)12-7-5-10(2)6-8-12/h10-12,14H,4-9H2,1-3H3. The van der Waals surface area contributed by atoms with Crippen LogP contribution in [0.15, 0.2) is 0 Å². The van der Waals surface area contributed by atoms with Crippen LogP contribution in [0.4, 0.5) is 0 Å². The molecule has 0 radical (unpaired) electrons. The van der Waals surface area contributed by atoms with Gasteiger partial charge >= 0.3 is 0 Å². The maximum atomic E-state index is 12.0. The van der Waals surface area contributed by atoms with Crippen LogP contribution < -0.4 is 5.32 Å². The molecule has 0 saturated heterocycles. The Kier molecular flexibility index (Phi) is 5.30. The van der Waals surface area contributed by atoms with Gasteiger partial charge in [-0.2, -0.15) is 0 Å². The van der Waals surface area contributed by atoms with Crippen LogP contribution >= 0.6 is 0 Å².